The molecule has 0 saturated carbocycles. The summed E-state index contributed by atoms with van der Waals surface area (Å²) in [7, 11) is 0. The Morgan fingerprint density at radius 3 is 2.50 bits per heavy atom. The molecule has 0 spiro atoms. The maximum Gasteiger partial charge on any atom is 0.157 e. The van der Waals surface area contributed by atoms with Crippen LogP contribution < -0.4 is 5.73 Å². The lowest BCUT2D eigenvalue weighted by Gasteiger charge is -2.13. The smallest absolute Gasteiger partial charge is 0.157 e. The largest absolute Gasteiger partial charge is 0.458 e. The van der Waals surface area contributed by atoms with Crippen molar-refractivity contribution in [1.82, 2.24) is 0 Å². The third-order valence-corrected chi connectivity index (χ3v) is 2.31. The van der Waals surface area contributed by atoms with Crippen LogP contribution in [0.5, 0.6) is 0 Å². The number of hydrogen-bond acceptors (Lipinski definition) is 2. The summed E-state index contributed by atoms with van der Waals surface area (Å²) in [6.45, 7) is 6.38. The van der Waals surface area contributed by atoms with Crippen LogP contribution in [0.2, 0.25) is 0 Å². The van der Waals surface area contributed by atoms with Crippen LogP contribution >= 0.6 is 0 Å². The molecular formula is C12H15NO. The molecule has 0 saturated heterocycles. The zero-order valence-corrected chi connectivity index (χ0v) is 8.79. The molecule has 0 radical (unpaired) electrons. The van der Waals surface area contributed by atoms with Crippen molar-refractivity contribution in [3.63, 3.8) is 0 Å². The maximum absolute atomic E-state index is 5.82. The van der Waals surface area contributed by atoms with Gasteiger partial charge in [-0.15, -0.1) is 0 Å². The highest BCUT2D eigenvalue weighted by atomic mass is 16.3. The molecular weight excluding hydrogens is 174 g/mol. The standard InChI is InChI=1S/C12H15NO/c1-12(2,3)10-7-8-5-4-6-9(13)11(8)14-10/h4-7H,13H2,1-3H3. The van der Waals surface area contributed by atoms with E-state index in [0.29, 0.717) is 5.69 Å². The lowest BCUT2D eigenvalue weighted by atomic mass is 9.93. The molecule has 0 atom stereocenters. The monoisotopic (exact) mass is 189 g/mol. The summed E-state index contributed by atoms with van der Waals surface area (Å²) < 4.78 is 5.74. The van der Waals surface area contributed by atoms with Crippen LogP contribution in [-0.2, 0) is 5.41 Å². The molecule has 0 aliphatic carbocycles. The van der Waals surface area contributed by atoms with Gasteiger partial charge in [-0.3, -0.25) is 0 Å². The molecule has 2 heteroatoms. The van der Waals surface area contributed by atoms with Gasteiger partial charge in [0, 0.05) is 10.8 Å². The fraction of sp³-hybridized carbons (Fsp3) is 0.333. The van der Waals surface area contributed by atoms with Crippen LogP contribution in [-0.4, -0.2) is 0 Å². The molecule has 2 rings (SSSR count). The average molecular weight is 189 g/mol. The first kappa shape index (κ1) is 9.13. The Balaban J connectivity index is 2.69. The molecule has 2 nitrogen and oxygen atoms in total. The summed E-state index contributed by atoms with van der Waals surface area (Å²) in [5.41, 5.74) is 7.36. The van der Waals surface area contributed by atoms with Gasteiger partial charge in [0.1, 0.15) is 5.76 Å². The summed E-state index contributed by atoms with van der Waals surface area (Å²) in [4.78, 5) is 0. The topological polar surface area (TPSA) is 39.2 Å². The van der Waals surface area contributed by atoms with Crippen molar-refractivity contribution in [2.75, 3.05) is 5.73 Å². The van der Waals surface area contributed by atoms with E-state index in [1.807, 2.05) is 18.2 Å². The molecule has 14 heavy (non-hydrogen) atoms. The number of nitrogen functional groups attached to an aromatic ring is 1. The summed E-state index contributed by atoms with van der Waals surface area (Å²) in [6.07, 6.45) is 0. The van der Waals surface area contributed by atoms with Gasteiger partial charge in [-0.25, -0.2) is 0 Å². The van der Waals surface area contributed by atoms with Crippen LogP contribution in [0.4, 0.5) is 5.69 Å². The van der Waals surface area contributed by atoms with Gasteiger partial charge < -0.3 is 10.2 Å². The summed E-state index contributed by atoms with van der Waals surface area (Å²) in [5, 5.41) is 1.08. The van der Waals surface area contributed by atoms with Gasteiger partial charge in [0.2, 0.25) is 0 Å². The van der Waals surface area contributed by atoms with E-state index >= 15 is 0 Å². The summed E-state index contributed by atoms with van der Waals surface area (Å²) >= 11 is 0. The average Bonchev–Trinajstić information content (AvgIpc) is 2.48. The molecule has 0 fully saturated rings. The van der Waals surface area contributed by atoms with E-state index in [2.05, 4.69) is 26.8 Å². The number of nitrogens with two attached hydrogens (primary N) is 1. The van der Waals surface area contributed by atoms with E-state index in [1.165, 1.54) is 0 Å². The number of anilines is 1. The highest BCUT2D eigenvalue weighted by Gasteiger charge is 2.19. The highest BCUT2D eigenvalue weighted by molar-refractivity contribution is 5.88. The second-order valence-electron chi connectivity index (χ2n) is 4.63. The van der Waals surface area contributed by atoms with Crippen molar-refractivity contribution in [3.05, 3.63) is 30.0 Å². The van der Waals surface area contributed by atoms with Gasteiger partial charge in [-0.2, -0.15) is 0 Å². The molecule has 1 aromatic carbocycles. The number of hydrogen-bond donors (Lipinski definition) is 1. The Labute approximate surface area is 83.7 Å². The zero-order chi connectivity index (χ0) is 10.3. The van der Waals surface area contributed by atoms with E-state index in [-0.39, 0.29) is 5.41 Å². The van der Waals surface area contributed by atoms with Gasteiger partial charge in [-0.05, 0) is 12.1 Å². The van der Waals surface area contributed by atoms with Crippen LogP contribution in [0, 0.1) is 0 Å². The molecule has 0 unspecified atom stereocenters. The van der Waals surface area contributed by atoms with Crippen molar-refractivity contribution in [3.8, 4) is 0 Å². The van der Waals surface area contributed by atoms with Crippen molar-refractivity contribution >= 4 is 16.7 Å². The molecule has 2 aromatic rings. The Morgan fingerprint density at radius 1 is 1.21 bits per heavy atom. The molecule has 1 aromatic heterocycles. The minimum absolute atomic E-state index is 0.0332. The zero-order valence-electron chi connectivity index (χ0n) is 8.79. The van der Waals surface area contributed by atoms with E-state index in [9.17, 15) is 0 Å². The van der Waals surface area contributed by atoms with Crippen LogP contribution in [0.25, 0.3) is 11.0 Å². The SMILES string of the molecule is CC(C)(C)c1cc2cccc(N)c2o1. The van der Waals surface area contributed by atoms with Crippen molar-refractivity contribution in [1.29, 1.82) is 0 Å². The molecule has 74 valence electrons. The molecule has 0 aliphatic rings. The lowest BCUT2D eigenvalue weighted by Crippen LogP contribution is -2.08. The van der Waals surface area contributed by atoms with E-state index in [4.69, 9.17) is 10.2 Å². The number of furan rings is 1. The fourth-order valence-electron chi connectivity index (χ4n) is 1.46. The third kappa shape index (κ3) is 1.37. The molecule has 1 heterocycles. The molecule has 0 bridgehead atoms. The fourth-order valence-corrected chi connectivity index (χ4v) is 1.46. The van der Waals surface area contributed by atoms with Crippen LogP contribution in [0.15, 0.2) is 28.7 Å². The van der Waals surface area contributed by atoms with Crippen LogP contribution in [0.1, 0.15) is 26.5 Å². The number of fused-ring (bicyclic) bond motifs is 1. The first-order chi connectivity index (χ1) is 6.48. The van der Waals surface area contributed by atoms with Crippen molar-refractivity contribution < 1.29 is 4.42 Å². The molecule has 0 aliphatic heterocycles. The summed E-state index contributed by atoms with van der Waals surface area (Å²) in [5.74, 6) is 0.977. The van der Waals surface area contributed by atoms with E-state index in [0.717, 1.165) is 16.7 Å². The molecule has 2 N–H and O–H groups in total. The van der Waals surface area contributed by atoms with Crippen molar-refractivity contribution in [2.45, 2.75) is 26.2 Å². The Hall–Kier alpha value is -1.44. The lowest BCUT2D eigenvalue weighted by molar-refractivity contribution is 0.430. The summed E-state index contributed by atoms with van der Waals surface area (Å²) in [6, 6.07) is 7.88. The number of para-hydroxylation sites is 1. The minimum Gasteiger partial charge on any atom is -0.458 e. The van der Waals surface area contributed by atoms with Crippen LogP contribution in [0.3, 0.4) is 0 Å². The Morgan fingerprint density at radius 2 is 1.93 bits per heavy atom. The minimum atomic E-state index is 0.0332. The predicted octanol–water partition coefficient (Wildman–Crippen LogP) is 3.31. The number of benzene rings is 1. The maximum atomic E-state index is 5.82. The van der Waals surface area contributed by atoms with Gasteiger partial charge in [0.25, 0.3) is 0 Å². The first-order valence-corrected chi connectivity index (χ1v) is 4.77. The van der Waals surface area contributed by atoms with Gasteiger partial charge in [-0.1, -0.05) is 32.9 Å². The molecule has 0 amide bonds. The normalized spacial score (nSPS) is 12.2. The first-order valence-electron chi connectivity index (χ1n) is 4.77. The Bertz CT molecular complexity index is 463. The predicted molar refractivity (Wildman–Crippen MR) is 59.3 cm³/mol. The van der Waals surface area contributed by atoms with Gasteiger partial charge >= 0.3 is 0 Å². The third-order valence-electron chi connectivity index (χ3n) is 2.31. The quantitative estimate of drug-likeness (QED) is 0.646. The van der Waals surface area contributed by atoms with E-state index < -0.39 is 0 Å². The van der Waals surface area contributed by atoms with Crippen molar-refractivity contribution in [2.24, 2.45) is 0 Å². The second-order valence-corrected chi connectivity index (χ2v) is 4.63. The van der Waals surface area contributed by atoms with Gasteiger partial charge in [0.15, 0.2) is 5.58 Å². The second kappa shape index (κ2) is 2.77. The van der Waals surface area contributed by atoms with E-state index in [1.54, 1.807) is 0 Å². The highest BCUT2D eigenvalue weighted by Crippen LogP contribution is 2.31. The van der Waals surface area contributed by atoms with Gasteiger partial charge in [0.05, 0.1) is 5.69 Å². The number of rotatable bonds is 0. The Kier molecular flexibility index (Phi) is 1.81.